The van der Waals surface area contributed by atoms with Crippen LogP contribution in [0.3, 0.4) is 0 Å². The van der Waals surface area contributed by atoms with Crippen LogP contribution in [0, 0.1) is 11.8 Å². The Bertz CT molecular complexity index is 858. The number of pyridine rings is 1. The molecule has 146 valence electrons. The first-order valence-electron chi connectivity index (χ1n) is 9.98. The summed E-state index contributed by atoms with van der Waals surface area (Å²) in [6, 6.07) is 9.50. The highest BCUT2D eigenvalue weighted by Crippen LogP contribution is 2.29. The van der Waals surface area contributed by atoms with Gasteiger partial charge in [0.05, 0.1) is 12.1 Å². The Morgan fingerprint density at radius 2 is 2.04 bits per heavy atom. The van der Waals surface area contributed by atoms with Gasteiger partial charge in [-0.2, -0.15) is 0 Å². The molecule has 0 radical (unpaired) electrons. The minimum absolute atomic E-state index is 0.0955. The van der Waals surface area contributed by atoms with E-state index in [4.69, 9.17) is 4.74 Å². The van der Waals surface area contributed by atoms with Gasteiger partial charge in [0.2, 0.25) is 5.91 Å². The fraction of sp³-hybridized carbons (Fsp3) is 0.545. The van der Waals surface area contributed by atoms with E-state index >= 15 is 0 Å². The van der Waals surface area contributed by atoms with E-state index in [1.54, 1.807) is 11.6 Å². The predicted molar refractivity (Wildman–Crippen MR) is 108 cm³/mol. The second kappa shape index (κ2) is 8.59. The van der Waals surface area contributed by atoms with Gasteiger partial charge in [-0.25, -0.2) is 0 Å². The minimum atomic E-state index is -0.0955. The van der Waals surface area contributed by atoms with Gasteiger partial charge in [0, 0.05) is 31.0 Å². The van der Waals surface area contributed by atoms with Crippen LogP contribution in [0.5, 0.6) is 5.75 Å². The molecule has 1 saturated carbocycles. The molecule has 5 nitrogen and oxygen atoms in total. The Kier molecular flexibility index (Phi) is 6.19. The second-order valence-electron chi connectivity index (χ2n) is 7.82. The van der Waals surface area contributed by atoms with E-state index in [0.717, 1.165) is 17.3 Å². The van der Waals surface area contributed by atoms with Crippen LogP contribution in [0.4, 0.5) is 0 Å². The molecule has 5 heteroatoms. The van der Waals surface area contributed by atoms with Gasteiger partial charge in [-0.15, -0.1) is 0 Å². The highest BCUT2D eigenvalue weighted by atomic mass is 16.5. The SMILES string of the molecule is C[C@@H]1[C@H](C)CCC[C@@H]1NC(=O)CCCOc1cc(=O)n(C)c2ccccc12. The molecule has 1 aromatic carbocycles. The molecular weight excluding hydrogens is 340 g/mol. The van der Waals surface area contributed by atoms with Crippen molar-refractivity contribution in [2.45, 2.75) is 52.0 Å². The summed E-state index contributed by atoms with van der Waals surface area (Å²) in [4.78, 5) is 24.4. The van der Waals surface area contributed by atoms with Crippen molar-refractivity contribution < 1.29 is 9.53 Å². The fourth-order valence-electron chi connectivity index (χ4n) is 3.98. The third kappa shape index (κ3) is 4.52. The summed E-state index contributed by atoms with van der Waals surface area (Å²) in [5, 5.41) is 4.11. The fourth-order valence-corrected chi connectivity index (χ4v) is 3.98. The van der Waals surface area contributed by atoms with Crippen LogP contribution < -0.4 is 15.6 Å². The number of hydrogen-bond donors (Lipinski definition) is 1. The predicted octanol–water partition coefficient (Wildman–Crippen LogP) is 3.64. The van der Waals surface area contributed by atoms with Crippen LogP contribution in [0.15, 0.2) is 35.1 Å². The van der Waals surface area contributed by atoms with E-state index < -0.39 is 0 Å². The van der Waals surface area contributed by atoms with Crippen molar-refractivity contribution in [1.29, 1.82) is 0 Å². The summed E-state index contributed by atoms with van der Waals surface area (Å²) >= 11 is 0. The molecule has 27 heavy (non-hydrogen) atoms. The number of ether oxygens (including phenoxy) is 1. The first-order chi connectivity index (χ1) is 13.0. The topological polar surface area (TPSA) is 60.3 Å². The van der Waals surface area contributed by atoms with Gasteiger partial charge < -0.3 is 14.6 Å². The molecule has 2 aromatic rings. The van der Waals surface area contributed by atoms with Crippen molar-refractivity contribution in [1.82, 2.24) is 9.88 Å². The molecule has 1 heterocycles. The molecule has 0 unspecified atom stereocenters. The Hall–Kier alpha value is -2.30. The molecular formula is C22H30N2O3. The van der Waals surface area contributed by atoms with E-state index in [-0.39, 0.29) is 11.5 Å². The summed E-state index contributed by atoms with van der Waals surface area (Å²) in [6.07, 6.45) is 4.60. The van der Waals surface area contributed by atoms with Gasteiger partial charge >= 0.3 is 0 Å². The van der Waals surface area contributed by atoms with Gasteiger partial charge in [0.25, 0.3) is 5.56 Å². The molecule has 1 aliphatic rings. The Balaban J connectivity index is 1.52. The lowest BCUT2D eigenvalue weighted by Crippen LogP contribution is -2.43. The third-order valence-electron chi connectivity index (χ3n) is 5.97. The van der Waals surface area contributed by atoms with Crippen molar-refractivity contribution in [2.75, 3.05) is 6.61 Å². The van der Waals surface area contributed by atoms with Gasteiger partial charge in [0.15, 0.2) is 0 Å². The van der Waals surface area contributed by atoms with Gasteiger partial charge in [-0.3, -0.25) is 9.59 Å². The van der Waals surface area contributed by atoms with Crippen molar-refractivity contribution in [3.05, 3.63) is 40.7 Å². The highest BCUT2D eigenvalue weighted by molar-refractivity contribution is 5.85. The maximum atomic E-state index is 12.3. The van der Waals surface area contributed by atoms with Crippen LogP contribution in [-0.2, 0) is 11.8 Å². The van der Waals surface area contributed by atoms with Crippen LogP contribution in [-0.4, -0.2) is 23.1 Å². The standard InChI is InChI=1S/C22H30N2O3/c1-15-8-6-10-18(16(15)2)23-21(25)12-7-13-27-20-14-22(26)24(3)19-11-5-4-9-17(19)20/h4-5,9,11,14-16,18H,6-8,10,12-13H2,1-3H3,(H,23,25)/t15-,16-,18+/m1/s1. The lowest BCUT2D eigenvalue weighted by molar-refractivity contribution is -0.122. The molecule has 1 aromatic heterocycles. The average molecular weight is 370 g/mol. The first kappa shape index (κ1) is 19.5. The van der Waals surface area contributed by atoms with E-state index in [9.17, 15) is 9.59 Å². The molecule has 1 N–H and O–H groups in total. The maximum Gasteiger partial charge on any atom is 0.254 e. The number of carbonyl (C=O) groups is 1. The van der Waals surface area contributed by atoms with Gasteiger partial charge in [0.1, 0.15) is 5.75 Å². The zero-order valence-corrected chi connectivity index (χ0v) is 16.5. The maximum absolute atomic E-state index is 12.3. The van der Waals surface area contributed by atoms with Crippen molar-refractivity contribution in [3.63, 3.8) is 0 Å². The molecule has 0 saturated heterocycles. The lowest BCUT2D eigenvalue weighted by Gasteiger charge is -2.34. The summed E-state index contributed by atoms with van der Waals surface area (Å²) in [5.74, 6) is 1.88. The first-order valence-corrected chi connectivity index (χ1v) is 9.98. The third-order valence-corrected chi connectivity index (χ3v) is 5.97. The molecule has 0 bridgehead atoms. The number of fused-ring (bicyclic) bond motifs is 1. The number of nitrogens with one attached hydrogen (secondary N) is 1. The molecule has 3 rings (SSSR count). The van der Waals surface area contributed by atoms with Crippen LogP contribution in [0.2, 0.25) is 0 Å². The van der Waals surface area contributed by atoms with E-state index in [0.29, 0.717) is 43.1 Å². The number of aryl methyl sites for hydroxylation is 1. The number of carbonyl (C=O) groups excluding carboxylic acids is 1. The van der Waals surface area contributed by atoms with E-state index in [1.807, 2.05) is 24.3 Å². The Morgan fingerprint density at radius 1 is 1.26 bits per heavy atom. The molecule has 1 amide bonds. The normalized spacial score (nSPS) is 22.6. The van der Waals surface area contributed by atoms with E-state index in [1.165, 1.54) is 18.9 Å². The van der Waals surface area contributed by atoms with Crippen molar-refractivity contribution >= 4 is 16.8 Å². The van der Waals surface area contributed by atoms with E-state index in [2.05, 4.69) is 19.2 Å². The van der Waals surface area contributed by atoms with Crippen LogP contribution in [0.25, 0.3) is 10.9 Å². The summed E-state index contributed by atoms with van der Waals surface area (Å²) in [6.45, 7) is 4.92. The molecule has 1 fully saturated rings. The summed E-state index contributed by atoms with van der Waals surface area (Å²) < 4.78 is 7.45. The smallest absolute Gasteiger partial charge is 0.254 e. The number of nitrogens with zero attached hydrogens (tertiary/aromatic N) is 1. The molecule has 0 spiro atoms. The lowest BCUT2D eigenvalue weighted by atomic mass is 9.78. The molecule has 1 aliphatic carbocycles. The number of rotatable bonds is 6. The average Bonchev–Trinajstić information content (AvgIpc) is 2.66. The van der Waals surface area contributed by atoms with Crippen molar-refractivity contribution in [2.24, 2.45) is 18.9 Å². The summed E-state index contributed by atoms with van der Waals surface area (Å²) in [5.41, 5.74) is 0.750. The number of para-hydroxylation sites is 1. The number of amides is 1. The van der Waals surface area contributed by atoms with Crippen LogP contribution in [0.1, 0.15) is 46.0 Å². The van der Waals surface area contributed by atoms with Crippen molar-refractivity contribution in [3.8, 4) is 5.75 Å². The minimum Gasteiger partial charge on any atom is -0.493 e. The Morgan fingerprint density at radius 3 is 2.85 bits per heavy atom. The number of benzene rings is 1. The van der Waals surface area contributed by atoms with Crippen LogP contribution >= 0.6 is 0 Å². The number of aromatic nitrogens is 1. The van der Waals surface area contributed by atoms with Gasteiger partial charge in [-0.05, 0) is 36.8 Å². The Labute approximate surface area is 160 Å². The molecule has 3 atom stereocenters. The molecule has 0 aliphatic heterocycles. The largest absolute Gasteiger partial charge is 0.493 e. The quantitative estimate of drug-likeness (QED) is 0.790. The monoisotopic (exact) mass is 370 g/mol. The second-order valence-corrected chi connectivity index (χ2v) is 7.82. The zero-order chi connectivity index (χ0) is 19.4. The zero-order valence-electron chi connectivity index (χ0n) is 16.5. The van der Waals surface area contributed by atoms with Gasteiger partial charge in [-0.1, -0.05) is 38.8 Å². The number of hydrogen-bond acceptors (Lipinski definition) is 3. The summed E-state index contributed by atoms with van der Waals surface area (Å²) in [7, 11) is 1.76. The highest BCUT2D eigenvalue weighted by Gasteiger charge is 2.27.